The lowest BCUT2D eigenvalue weighted by Gasteiger charge is -2.02. The standard InChI is InChI=1S/C18H16O2/c1-20-18-14-8-6-12-16(18)11-5-7-13-17(19)15-9-3-2-4-10-15/h2-14H,1H3/b11-5+,13-7+. The molecular formula is C18H16O2. The predicted molar refractivity (Wildman–Crippen MR) is 81.9 cm³/mol. The zero-order chi connectivity index (χ0) is 14.2. The van der Waals surface area contributed by atoms with Gasteiger partial charge in [-0.25, -0.2) is 0 Å². The van der Waals surface area contributed by atoms with E-state index in [0.29, 0.717) is 5.56 Å². The minimum atomic E-state index is -0.00437. The van der Waals surface area contributed by atoms with Crippen molar-refractivity contribution in [1.29, 1.82) is 0 Å². The lowest BCUT2D eigenvalue weighted by molar-refractivity contribution is 0.104. The van der Waals surface area contributed by atoms with Crippen molar-refractivity contribution in [1.82, 2.24) is 0 Å². The Morgan fingerprint density at radius 3 is 2.40 bits per heavy atom. The van der Waals surface area contributed by atoms with Crippen LogP contribution in [0.25, 0.3) is 6.08 Å². The highest BCUT2D eigenvalue weighted by molar-refractivity contribution is 6.04. The van der Waals surface area contributed by atoms with Crippen molar-refractivity contribution in [2.75, 3.05) is 7.11 Å². The molecule has 0 aromatic heterocycles. The molecule has 0 spiro atoms. The van der Waals surface area contributed by atoms with E-state index in [1.54, 1.807) is 31.4 Å². The van der Waals surface area contributed by atoms with Crippen LogP contribution in [0, 0.1) is 0 Å². The van der Waals surface area contributed by atoms with E-state index in [9.17, 15) is 4.79 Å². The van der Waals surface area contributed by atoms with Gasteiger partial charge in [-0.1, -0.05) is 66.8 Å². The molecule has 0 radical (unpaired) electrons. The van der Waals surface area contributed by atoms with Crippen molar-refractivity contribution < 1.29 is 9.53 Å². The minimum absolute atomic E-state index is 0.00437. The van der Waals surface area contributed by atoms with Crippen molar-refractivity contribution in [2.45, 2.75) is 0 Å². The molecule has 0 unspecified atom stereocenters. The first kappa shape index (κ1) is 13.8. The van der Waals surface area contributed by atoms with E-state index in [-0.39, 0.29) is 5.78 Å². The molecule has 20 heavy (non-hydrogen) atoms. The minimum Gasteiger partial charge on any atom is -0.496 e. The van der Waals surface area contributed by atoms with Crippen LogP contribution in [-0.4, -0.2) is 12.9 Å². The molecule has 0 amide bonds. The van der Waals surface area contributed by atoms with E-state index in [1.807, 2.05) is 54.6 Å². The molecule has 2 aromatic rings. The van der Waals surface area contributed by atoms with Crippen LogP contribution in [0.5, 0.6) is 5.75 Å². The van der Waals surface area contributed by atoms with Crippen LogP contribution in [0.3, 0.4) is 0 Å². The fraction of sp³-hybridized carbons (Fsp3) is 0.0556. The number of rotatable bonds is 5. The maximum Gasteiger partial charge on any atom is 0.185 e. The Kier molecular flexibility index (Phi) is 4.90. The van der Waals surface area contributed by atoms with E-state index >= 15 is 0 Å². The van der Waals surface area contributed by atoms with Gasteiger partial charge in [0.2, 0.25) is 0 Å². The lowest BCUT2D eigenvalue weighted by Crippen LogP contribution is -1.92. The highest BCUT2D eigenvalue weighted by atomic mass is 16.5. The van der Waals surface area contributed by atoms with Crippen LogP contribution in [0.4, 0.5) is 0 Å². The van der Waals surface area contributed by atoms with Gasteiger partial charge in [-0.15, -0.1) is 0 Å². The number of methoxy groups -OCH3 is 1. The quantitative estimate of drug-likeness (QED) is 0.461. The summed E-state index contributed by atoms with van der Waals surface area (Å²) in [6.07, 6.45) is 7.04. The zero-order valence-corrected chi connectivity index (χ0v) is 11.3. The molecule has 2 rings (SSSR count). The number of hydrogen-bond donors (Lipinski definition) is 0. The average molecular weight is 264 g/mol. The number of para-hydroxylation sites is 1. The molecule has 0 aliphatic carbocycles. The summed E-state index contributed by atoms with van der Waals surface area (Å²) < 4.78 is 5.25. The van der Waals surface area contributed by atoms with Crippen LogP contribution >= 0.6 is 0 Å². The first-order chi connectivity index (χ1) is 9.81. The normalized spacial score (nSPS) is 11.1. The third-order valence-electron chi connectivity index (χ3n) is 2.83. The summed E-state index contributed by atoms with van der Waals surface area (Å²) in [6.45, 7) is 0. The van der Waals surface area contributed by atoms with Gasteiger partial charge in [-0.2, -0.15) is 0 Å². The summed E-state index contributed by atoms with van der Waals surface area (Å²) in [5, 5.41) is 0. The third-order valence-corrected chi connectivity index (χ3v) is 2.83. The lowest BCUT2D eigenvalue weighted by atomic mass is 10.1. The molecule has 0 aliphatic heterocycles. The number of ketones is 1. The van der Waals surface area contributed by atoms with E-state index in [2.05, 4.69) is 0 Å². The number of hydrogen-bond acceptors (Lipinski definition) is 2. The zero-order valence-electron chi connectivity index (χ0n) is 11.3. The summed E-state index contributed by atoms with van der Waals surface area (Å²) in [6, 6.07) is 16.9. The number of carbonyl (C=O) groups is 1. The van der Waals surface area contributed by atoms with Gasteiger partial charge in [-0.05, 0) is 12.1 Å². The molecule has 0 N–H and O–H groups in total. The SMILES string of the molecule is COc1ccccc1/C=C/C=C/C(=O)c1ccccc1. The summed E-state index contributed by atoms with van der Waals surface area (Å²) in [5.41, 5.74) is 1.67. The average Bonchev–Trinajstić information content (AvgIpc) is 2.52. The Morgan fingerprint density at radius 1 is 0.950 bits per heavy atom. The van der Waals surface area contributed by atoms with Gasteiger partial charge in [0.25, 0.3) is 0 Å². The second-order valence-electron chi connectivity index (χ2n) is 4.19. The second kappa shape index (κ2) is 7.10. The molecule has 100 valence electrons. The summed E-state index contributed by atoms with van der Waals surface area (Å²) >= 11 is 0. The van der Waals surface area contributed by atoms with Crippen LogP contribution in [0.2, 0.25) is 0 Å². The molecule has 2 nitrogen and oxygen atoms in total. The van der Waals surface area contributed by atoms with Crippen molar-refractivity contribution in [3.63, 3.8) is 0 Å². The van der Waals surface area contributed by atoms with Crippen molar-refractivity contribution in [3.8, 4) is 5.75 Å². The molecule has 0 saturated heterocycles. The van der Waals surface area contributed by atoms with Gasteiger partial charge in [0.15, 0.2) is 5.78 Å². The van der Waals surface area contributed by atoms with Gasteiger partial charge < -0.3 is 4.74 Å². The molecule has 2 aromatic carbocycles. The molecule has 0 aliphatic rings. The van der Waals surface area contributed by atoms with Crippen molar-refractivity contribution in [3.05, 3.63) is 84.0 Å². The Balaban J connectivity index is 2.03. The highest BCUT2D eigenvalue weighted by Crippen LogP contribution is 2.18. The Labute approximate surface area is 119 Å². The molecule has 2 heteroatoms. The predicted octanol–water partition coefficient (Wildman–Crippen LogP) is 4.15. The van der Waals surface area contributed by atoms with Gasteiger partial charge in [-0.3, -0.25) is 4.79 Å². The summed E-state index contributed by atoms with van der Waals surface area (Å²) in [4.78, 5) is 11.8. The van der Waals surface area contributed by atoms with E-state index in [4.69, 9.17) is 4.74 Å². The van der Waals surface area contributed by atoms with Crippen LogP contribution < -0.4 is 4.74 Å². The Morgan fingerprint density at radius 2 is 1.65 bits per heavy atom. The number of benzene rings is 2. The van der Waals surface area contributed by atoms with E-state index in [0.717, 1.165) is 11.3 Å². The van der Waals surface area contributed by atoms with E-state index < -0.39 is 0 Å². The fourth-order valence-electron chi connectivity index (χ4n) is 1.80. The van der Waals surface area contributed by atoms with Gasteiger partial charge in [0.1, 0.15) is 5.75 Å². The van der Waals surface area contributed by atoms with Gasteiger partial charge in [0.05, 0.1) is 7.11 Å². The molecular weight excluding hydrogens is 248 g/mol. The molecule has 0 heterocycles. The van der Waals surface area contributed by atoms with Gasteiger partial charge in [0, 0.05) is 11.1 Å². The fourth-order valence-corrected chi connectivity index (χ4v) is 1.80. The smallest absolute Gasteiger partial charge is 0.185 e. The molecule has 0 saturated carbocycles. The van der Waals surface area contributed by atoms with E-state index in [1.165, 1.54) is 0 Å². The molecule has 0 atom stereocenters. The molecule has 0 fully saturated rings. The third kappa shape index (κ3) is 3.69. The van der Waals surface area contributed by atoms with Crippen LogP contribution in [0.1, 0.15) is 15.9 Å². The van der Waals surface area contributed by atoms with Gasteiger partial charge >= 0.3 is 0 Å². The van der Waals surface area contributed by atoms with Crippen LogP contribution in [0.15, 0.2) is 72.8 Å². The maximum absolute atomic E-state index is 11.8. The molecule has 0 bridgehead atoms. The first-order valence-electron chi connectivity index (χ1n) is 6.38. The largest absolute Gasteiger partial charge is 0.496 e. The number of ether oxygens (including phenoxy) is 1. The Bertz CT molecular complexity index is 625. The number of allylic oxidation sites excluding steroid dienone is 3. The topological polar surface area (TPSA) is 26.3 Å². The number of carbonyl (C=O) groups excluding carboxylic acids is 1. The highest BCUT2D eigenvalue weighted by Gasteiger charge is 1.98. The van der Waals surface area contributed by atoms with Crippen molar-refractivity contribution >= 4 is 11.9 Å². The maximum atomic E-state index is 11.8. The summed E-state index contributed by atoms with van der Waals surface area (Å²) in [5.74, 6) is 0.807. The monoisotopic (exact) mass is 264 g/mol. The summed E-state index contributed by atoms with van der Waals surface area (Å²) in [7, 11) is 1.64. The van der Waals surface area contributed by atoms with Crippen LogP contribution in [-0.2, 0) is 0 Å². The Hall–Kier alpha value is -2.61. The van der Waals surface area contributed by atoms with Crippen molar-refractivity contribution in [2.24, 2.45) is 0 Å². The first-order valence-corrected chi connectivity index (χ1v) is 6.38. The second-order valence-corrected chi connectivity index (χ2v) is 4.19.